The number of benzene rings is 1. The number of hydrogen-bond donors (Lipinski definition) is 3. The lowest BCUT2D eigenvalue weighted by Crippen LogP contribution is -2.36. The average molecular weight is 389 g/mol. The second-order valence-electron chi connectivity index (χ2n) is 6.22. The second kappa shape index (κ2) is 7.70. The van der Waals surface area contributed by atoms with Gasteiger partial charge in [0.25, 0.3) is 5.91 Å². The number of sulfone groups is 1. The first kappa shape index (κ1) is 18.8. The number of anilines is 3. The Morgan fingerprint density at radius 3 is 2.44 bits per heavy atom. The molecule has 10 heteroatoms. The number of carbonyl (C=O) groups excluding carboxylic acids is 2. The number of aromatic nitrogens is 2. The van der Waals surface area contributed by atoms with E-state index in [1.807, 2.05) is 0 Å². The van der Waals surface area contributed by atoms with Crippen molar-refractivity contribution in [1.29, 1.82) is 0 Å². The predicted octanol–water partition coefficient (Wildman–Crippen LogP) is 1.10. The predicted molar refractivity (Wildman–Crippen MR) is 101 cm³/mol. The topological polar surface area (TPSA) is 130 Å². The van der Waals surface area contributed by atoms with Gasteiger partial charge in [-0.3, -0.25) is 9.59 Å². The van der Waals surface area contributed by atoms with Crippen molar-refractivity contribution in [3.8, 4) is 0 Å². The number of rotatable bonds is 5. The smallest absolute Gasteiger partial charge is 0.270 e. The van der Waals surface area contributed by atoms with E-state index >= 15 is 0 Å². The summed E-state index contributed by atoms with van der Waals surface area (Å²) in [6.45, 7) is 1.43. The summed E-state index contributed by atoms with van der Waals surface area (Å²) in [5.41, 5.74) is 1.49. The quantitative estimate of drug-likeness (QED) is 0.698. The van der Waals surface area contributed by atoms with Crippen molar-refractivity contribution in [3.05, 3.63) is 42.2 Å². The molecule has 27 heavy (non-hydrogen) atoms. The van der Waals surface area contributed by atoms with E-state index in [1.165, 1.54) is 19.2 Å². The van der Waals surface area contributed by atoms with Gasteiger partial charge in [-0.2, -0.15) is 0 Å². The molecule has 0 saturated carbocycles. The first-order chi connectivity index (χ1) is 12.8. The maximum Gasteiger partial charge on any atom is 0.270 e. The van der Waals surface area contributed by atoms with E-state index in [4.69, 9.17) is 0 Å². The van der Waals surface area contributed by atoms with E-state index < -0.39 is 21.8 Å². The maximum absolute atomic E-state index is 12.3. The summed E-state index contributed by atoms with van der Waals surface area (Å²) in [6, 6.07) is 8.00. The highest BCUT2D eigenvalue weighted by atomic mass is 32.2. The Kier molecular flexibility index (Phi) is 5.36. The van der Waals surface area contributed by atoms with Gasteiger partial charge in [0.1, 0.15) is 5.69 Å². The number of carbonyl (C=O) groups is 2. The van der Waals surface area contributed by atoms with E-state index in [1.54, 1.807) is 24.3 Å². The van der Waals surface area contributed by atoms with Crippen LogP contribution in [0.15, 0.2) is 36.5 Å². The molecule has 1 atom stereocenters. The zero-order chi connectivity index (χ0) is 19.4. The molecular formula is C17H19N5O4S. The highest BCUT2D eigenvalue weighted by Crippen LogP contribution is 2.17. The van der Waals surface area contributed by atoms with Crippen LogP contribution in [0.1, 0.15) is 23.8 Å². The first-order valence-electron chi connectivity index (χ1n) is 8.30. The van der Waals surface area contributed by atoms with Gasteiger partial charge in [0, 0.05) is 30.5 Å². The lowest BCUT2D eigenvalue weighted by molar-refractivity contribution is -0.114. The standard InChI is InChI=1S/C17H19N5O4S/c1-11(23)19-12-2-4-13(5-3-12)21-17-18-8-6-15(22-17)16(24)20-14-7-9-27(25,26)10-14/h2-6,8,14H,7,9-10H2,1H3,(H,19,23)(H,20,24)(H,18,21,22). The van der Waals surface area contributed by atoms with Gasteiger partial charge < -0.3 is 16.0 Å². The fourth-order valence-electron chi connectivity index (χ4n) is 2.68. The Hall–Kier alpha value is -3.01. The minimum Gasteiger partial charge on any atom is -0.347 e. The van der Waals surface area contributed by atoms with Crippen LogP contribution in [-0.2, 0) is 14.6 Å². The third-order valence-electron chi connectivity index (χ3n) is 3.92. The number of nitrogens with zero attached hydrogens (tertiary/aromatic N) is 2. The van der Waals surface area contributed by atoms with Crippen LogP contribution in [0.25, 0.3) is 0 Å². The summed E-state index contributed by atoms with van der Waals surface area (Å²) in [5.74, 6) is -0.330. The molecule has 1 fully saturated rings. The molecule has 0 aliphatic carbocycles. The highest BCUT2D eigenvalue weighted by molar-refractivity contribution is 7.91. The molecule has 9 nitrogen and oxygen atoms in total. The monoisotopic (exact) mass is 389 g/mol. The van der Waals surface area contributed by atoms with Crippen molar-refractivity contribution in [2.24, 2.45) is 0 Å². The van der Waals surface area contributed by atoms with Gasteiger partial charge >= 0.3 is 0 Å². The summed E-state index contributed by atoms with van der Waals surface area (Å²) in [5, 5.41) is 8.33. The van der Waals surface area contributed by atoms with E-state index in [9.17, 15) is 18.0 Å². The minimum absolute atomic E-state index is 0.0461. The van der Waals surface area contributed by atoms with Crippen molar-refractivity contribution >= 4 is 39.0 Å². The van der Waals surface area contributed by atoms with Crippen molar-refractivity contribution < 1.29 is 18.0 Å². The molecule has 1 aliphatic heterocycles. The molecule has 0 bridgehead atoms. The lowest BCUT2D eigenvalue weighted by atomic mass is 10.2. The van der Waals surface area contributed by atoms with Crippen LogP contribution in [0.2, 0.25) is 0 Å². The molecule has 0 spiro atoms. The lowest BCUT2D eigenvalue weighted by Gasteiger charge is -2.11. The minimum atomic E-state index is -3.07. The molecule has 3 rings (SSSR count). The Morgan fingerprint density at radius 1 is 1.11 bits per heavy atom. The average Bonchev–Trinajstić information content (AvgIpc) is 2.95. The summed E-state index contributed by atoms with van der Waals surface area (Å²) in [7, 11) is -3.07. The highest BCUT2D eigenvalue weighted by Gasteiger charge is 2.29. The zero-order valence-electron chi connectivity index (χ0n) is 14.6. The Bertz CT molecular complexity index is 960. The van der Waals surface area contributed by atoms with Crippen LogP contribution in [0.3, 0.4) is 0 Å². The van der Waals surface area contributed by atoms with Gasteiger partial charge in [0.2, 0.25) is 11.9 Å². The fourth-order valence-corrected chi connectivity index (χ4v) is 4.36. The normalized spacial score (nSPS) is 17.9. The zero-order valence-corrected chi connectivity index (χ0v) is 15.4. The number of amides is 2. The molecule has 2 heterocycles. The van der Waals surface area contributed by atoms with E-state index in [0.717, 1.165) is 0 Å². The van der Waals surface area contributed by atoms with Crippen LogP contribution in [0.5, 0.6) is 0 Å². The van der Waals surface area contributed by atoms with Gasteiger partial charge in [0.05, 0.1) is 11.5 Å². The van der Waals surface area contributed by atoms with Gasteiger partial charge in [-0.15, -0.1) is 0 Å². The SMILES string of the molecule is CC(=O)Nc1ccc(Nc2nccc(C(=O)NC3CCS(=O)(=O)C3)n2)cc1. The second-order valence-corrected chi connectivity index (χ2v) is 8.45. The van der Waals surface area contributed by atoms with Crippen LogP contribution in [0, 0.1) is 0 Å². The van der Waals surface area contributed by atoms with Crippen molar-refractivity contribution in [2.45, 2.75) is 19.4 Å². The summed E-state index contributed by atoms with van der Waals surface area (Å²) >= 11 is 0. The summed E-state index contributed by atoms with van der Waals surface area (Å²) < 4.78 is 23.0. The Morgan fingerprint density at radius 2 is 1.81 bits per heavy atom. The Balaban J connectivity index is 1.64. The fraction of sp³-hybridized carbons (Fsp3) is 0.294. The summed E-state index contributed by atoms with van der Waals surface area (Å²) in [6.07, 6.45) is 1.85. The molecule has 142 valence electrons. The van der Waals surface area contributed by atoms with Crippen molar-refractivity contribution in [1.82, 2.24) is 15.3 Å². The molecule has 1 aromatic heterocycles. The van der Waals surface area contributed by atoms with E-state index in [0.29, 0.717) is 17.8 Å². The van der Waals surface area contributed by atoms with Gasteiger partial charge in [-0.1, -0.05) is 0 Å². The van der Waals surface area contributed by atoms with Crippen molar-refractivity contribution in [2.75, 3.05) is 22.1 Å². The molecule has 1 saturated heterocycles. The Labute approximate surface area is 156 Å². The van der Waals surface area contributed by atoms with Gasteiger partial charge in [0.15, 0.2) is 9.84 Å². The number of hydrogen-bond acceptors (Lipinski definition) is 7. The first-order valence-corrected chi connectivity index (χ1v) is 10.1. The molecule has 1 aliphatic rings. The van der Waals surface area contributed by atoms with Crippen LogP contribution in [-0.4, -0.2) is 47.7 Å². The summed E-state index contributed by atoms with van der Waals surface area (Å²) in [4.78, 5) is 31.6. The molecule has 2 aromatic rings. The molecule has 0 radical (unpaired) electrons. The molecule has 1 aromatic carbocycles. The number of nitrogens with one attached hydrogen (secondary N) is 3. The van der Waals surface area contributed by atoms with Crippen LogP contribution >= 0.6 is 0 Å². The van der Waals surface area contributed by atoms with Crippen LogP contribution in [0.4, 0.5) is 17.3 Å². The molecule has 2 amide bonds. The van der Waals surface area contributed by atoms with Gasteiger partial charge in [-0.25, -0.2) is 18.4 Å². The van der Waals surface area contributed by atoms with Gasteiger partial charge in [-0.05, 0) is 36.8 Å². The van der Waals surface area contributed by atoms with Crippen molar-refractivity contribution in [3.63, 3.8) is 0 Å². The molecule has 1 unspecified atom stereocenters. The van der Waals surface area contributed by atoms with Crippen LogP contribution < -0.4 is 16.0 Å². The van der Waals surface area contributed by atoms with E-state index in [2.05, 4.69) is 25.9 Å². The van der Waals surface area contributed by atoms with E-state index in [-0.39, 0.29) is 29.1 Å². The largest absolute Gasteiger partial charge is 0.347 e. The third kappa shape index (κ3) is 5.23. The molecule has 3 N–H and O–H groups in total. The molecular weight excluding hydrogens is 370 g/mol. The maximum atomic E-state index is 12.3. The third-order valence-corrected chi connectivity index (χ3v) is 5.69.